The smallest absolute Gasteiger partial charge is 0.243 e. The number of hydrogen-bond donors (Lipinski definition) is 2. The number of fused-ring (bicyclic) bond motifs is 1. The van der Waals surface area contributed by atoms with Crippen LogP contribution in [0, 0.1) is 0 Å². The van der Waals surface area contributed by atoms with E-state index in [4.69, 9.17) is 0 Å². The Bertz CT molecular complexity index is 877. The van der Waals surface area contributed by atoms with E-state index in [1.54, 1.807) is 0 Å². The molecule has 2 heterocycles. The highest BCUT2D eigenvalue weighted by atomic mass is 16.3. The highest BCUT2D eigenvalue weighted by molar-refractivity contribution is 5.77. The van der Waals surface area contributed by atoms with Crippen molar-refractivity contribution in [2.45, 2.75) is 38.0 Å². The summed E-state index contributed by atoms with van der Waals surface area (Å²) in [4.78, 5) is 13.6. The Morgan fingerprint density at radius 1 is 1.24 bits per heavy atom. The van der Waals surface area contributed by atoms with E-state index in [-0.39, 0.29) is 31.0 Å². The number of rotatable bonds is 5. The minimum absolute atomic E-state index is 0.0993. The third-order valence-electron chi connectivity index (χ3n) is 4.62. The van der Waals surface area contributed by atoms with Crippen LogP contribution in [0.2, 0.25) is 0 Å². The van der Waals surface area contributed by atoms with Crippen molar-refractivity contribution in [3.05, 3.63) is 35.9 Å². The molecule has 1 aromatic carbocycles. The Morgan fingerprint density at radius 2 is 1.92 bits per heavy atom. The highest BCUT2D eigenvalue weighted by Gasteiger charge is 2.34. The molecule has 3 aromatic rings. The fourth-order valence-electron chi connectivity index (χ4n) is 3.19. The van der Waals surface area contributed by atoms with Crippen molar-refractivity contribution in [3.63, 3.8) is 0 Å². The van der Waals surface area contributed by atoms with Crippen LogP contribution in [-0.2, 0) is 25.0 Å². The van der Waals surface area contributed by atoms with Gasteiger partial charge in [0.05, 0.1) is 0 Å². The van der Waals surface area contributed by atoms with Gasteiger partial charge in [0.2, 0.25) is 5.91 Å². The minimum atomic E-state index is -0.123. The molecule has 0 radical (unpaired) electrons. The molecule has 0 spiro atoms. The number of carbonyl (C=O) groups excluding carboxylic acids is 1. The first-order valence-electron chi connectivity index (χ1n) is 8.22. The van der Waals surface area contributed by atoms with Crippen LogP contribution in [0.1, 0.15) is 30.4 Å². The molecule has 2 N–H and O–H groups in total. The minimum Gasteiger partial charge on any atom is -0.388 e. The fourth-order valence-corrected chi connectivity index (χ4v) is 3.19. The number of aromatic nitrogens is 6. The molecular formula is C16H19N7O2. The van der Waals surface area contributed by atoms with Crippen LogP contribution in [0.15, 0.2) is 24.3 Å². The maximum atomic E-state index is 12.2. The first-order chi connectivity index (χ1) is 12.1. The quantitative estimate of drug-likeness (QED) is 0.682. The van der Waals surface area contributed by atoms with Crippen LogP contribution in [-0.4, -0.2) is 46.8 Å². The standard InChI is InChI=1S/C16H19N7O2/c1-22-14(9-24)18-19-16(22)10-6-11(7-10)17-15(25)8-23-20-12-4-2-3-5-13(12)21-23/h2-5,10-11,24H,6-9H2,1H3,(H,17,25). The lowest BCUT2D eigenvalue weighted by atomic mass is 9.79. The number of aliphatic hydroxyl groups excluding tert-OH is 1. The number of hydrogen-bond acceptors (Lipinski definition) is 6. The maximum absolute atomic E-state index is 12.2. The van der Waals surface area contributed by atoms with Gasteiger partial charge in [-0.3, -0.25) is 4.79 Å². The van der Waals surface area contributed by atoms with E-state index in [9.17, 15) is 9.90 Å². The summed E-state index contributed by atoms with van der Waals surface area (Å²) >= 11 is 0. The Kier molecular flexibility index (Phi) is 3.92. The Balaban J connectivity index is 1.31. The Morgan fingerprint density at radius 3 is 2.52 bits per heavy atom. The van der Waals surface area contributed by atoms with Crippen LogP contribution in [0.4, 0.5) is 0 Å². The highest BCUT2D eigenvalue weighted by Crippen LogP contribution is 2.35. The molecule has 25 heavy (non-hydrogen) atoms. The second-order valence-corrected chi connectivity index (χ2v) is 6.34. The molecule has 9 heteroatoms. The lowest BCUT2D eigenvalue weighted by Crippen LogP contribution is -2.45. The van der Waals surface area contributed by atoms with Crippen molar-refractivity contribution in [1.29, 1.82) is 0 Å². The molecule has 4 rings (SSSR count). The van der Waals surface area contributed by atoms with E-state index < -0.39 is 0 Å². The molecule has 9 nitrogen and oxygen atoms in total. The second kappa shape index (κ2) is 6.25. The third kappa shape index (κ3) is 2.98. The molecule has 0 saturated heterocycles. The summed E-state index contributed by atoms with van der Waals surface area (Å²) in [6.07, 6.45) is 1.63. The number of benzene rings is 1. The summed E-state index contributed by atoms with van der Waals surface area (Å²) in [6.45, 7) is -0.0178. The summed E-state index contributed by atoms with van der Waals surface area (Å²) < 4.78 is 1.82. The number of carbonyl (C=O) groups is 1. The molecule has 0 atom stereocenters. The van der Waals surface area contributed by atoms with E-state index in [0.29, 0.717) is 5.82 Å². The predicted octanol–water partition coefficient (Wildman–Crippen LogP) is 0.114. The van der Waals surface area contributed by atoms with Crippen molar-refractivity contribution in [3.8, 4) is 0 Å². The van der Waals surface area contributed by atoms with Gasteiger partial charge in [0, 0.05) is 19.0 Å². The Labute approximate surface area is 143 Å². The molecule has 130 valence electrons. The van der Waals surface area contributed by atoms with E-state index in [2.05, 4.69) is 25.7 Å². The zero-order chi connectivity index (χ0) is 17.4. The third-order valence-corrected chi connectivity index (χ3v) is 4.62. The molecule has 1 fully saturated rings. The summed E-state index contributed by atoms with van der Waals surface area (Å²) in [5.41, 5.74) is 1.56. The van der Waals surface area contributed by atoms with E-state index >= 15 is 0 Å². The van der Waals surface area contributed by atoms with Gasteiger partial charge < -0.3 is 15.0 Å². The normalized spacial score (nSPS) is 19.8. The molecule has 2 aromatic heterocycles. The summed E-state index contributed by atoms with van der Waals surface area (Å²) in [5, 5.41) is 28.8. The topological polar surface area (TPSA) is 111 Å². The molecule has 1 saturated carbocycles. The second-order valence-electron chi connectivity index (χ2n) is 6.34. The predicted molar refractivity (Wildman–Crippen MR) is 88.4 cm³/mol. The number of amides is 1. The fraction of sp³-hybridized carbons (Fsp3) is 0.438. The van der Waals surface area contributed by atoms with Crippen molar-refractivity contribution < 1.29 is 9.90 Å². The first kappa shape index (κ1) is 15.7. The van der Waals surface area contributed by atoms with E-state index in [1.807, 2.05) is 35.9 Å². The first-order valence-corrected chi connectivity index (χ1v) is 8.22. The van der Waals surface area contributed by atoms with Crippen molar-refractivity contribution in [2.75, 3.05) is 0 Å². The summed E-state index contributed by atoms with van der Waals surface area (Å²) in [7, 11) is 1.85. The molecular weight excluding hydrogens is 322 g/mol. The SMILES string of the molecule is Cn1c(CO)nnc1C1CC(NC(=O)Cn2nc3ccccc3n2)C1. The van der Waals surface area contributed by atoms with Gasteiger partial charge in [-0.1, -0.05) is 12.1 Å². The lowest BCUT2D eigenvalue weighted by molar-refractivity contribution is -0.123. The van der Waals surface area contributed by atoms with Gasteiger partial charge in [0.1, 0.15) is 30.0 Å². The molecule has 1 aliphatic carbocycles. The van der Waals surface area contributed by atoms with Crippen LogP contribution in [0.5, 0.6) is 0 Å². The number of aliphatic hydroxyl groups is 1. The number of nitrogens with one attached hydrogen (secondary N) is 1. The zero-order valence-corrected chi connectivity index (χ0v) is 13.8. The van der Waals surface area contributed by atoms with Crippen LogP contribution >= 0.6 is 0 Å². The van der Waals surface area contributed by atoms with Crippen LogP contribution in [0.25, 0.3) is 11.0 Å². The van der Waals surface area contributed by atoms with E-state index in [1.165, 1.54) is 4.80 Å². The zero-order valence-electron chi connectivity index (χ0n) is 13.8. The van der Waals surface area contributed by atoms with Crippen molar-refractivity contribution >= 4 is 16.9 Å². The van der Waals surface area contributed by atoms with Gasteiger partial charge in [-0.2, -0.15) is 15.0 Å². The Hall–Kier alpha value is -2.81. The van der Waals surface area contributed by atoms with Gasteiger partial charge in [0.15, 0.2) is 5.82 Å². The molecule has 0 bridgehead atoms. The van der Waals surface area contributed by atoms with Crippen LogP contribution in [0.3, 0.4) is 0 Å². The van der Waals surface area contributed by atoms with E-state index in [0.717, 1.165) is 29.7 Å². The molecule has 0 unspecified atom stereocenters. The van der Waals surface area contributed by atoms with Gasteiger partial charge >= 0.3 is 0 Å². The van der Waals surface area contributed by atoms with Gasteiger partial charge in [-0.15, -0.1) is 10.2 Å². The van der Waals surface area contributed by atoms with Crippen LogP contribution < -0.4 is 5.32 Å². The molecule has 0 aliphatic heterocycles. The maximum Gasteiger partial charge on any atom is 0.243 e. The lowest BCUT2D eigenvalue weighted by Gasteiger charge is -2.34. The van der Waals surface area contributed by atoms with Gasteiger partial charge in [-0.25, -0.2) is 0 Å². The van der Waals surface area contributed by atoms with Gasteiger partial charge in [-0.05, 0) is 25.0 Å². The van der Waals surface area contributed by atoms with Gasteiger partial charge in [0.25, 0.3) is 0 Å². The van der Waals surface area contributed by atoms with Crippen molar-refractivity contribution in [2.24, 2.45) is 7.05 Å². The average Bonchev–Trinajstić information content (AvgIpc) is 3.13. The largest absolute Gasteiger partial charge is 0.388 e. The monoisotopic (exact) mass is 341 g/mol. The number of nitrogens with zero attached hydrogens (tertiary/aromatic N) is 6. The molecule has 1 aliphatic rings. The summed E-state index contributed by atoms with van der Waals surface area (Å²) in [6, 6.07) is 7.65. The van der Waals surface area contributed by atoms with Crippen molar-refractivity contribution in [1.82, 2.24) is 35.1 Å². The molecule has 1 amide bonds. The average molecular weight is 341 g/mol. The summed E-state index contributed by atoms with van der Waals surface area (Å²) in [5.74, 6) is 1.57.